The molecule has 190 valence electrons. The summed E-state index contributed by atoms with van der Waals surface area (Å²) in [4.78, 5) is 32.4. The van der Waals surface area contributed by atoms with Crippen molar-refractivity contribution >= 4 is 51.2 Å². The minimum absolute atomic E-state index is 0.0565. The van der Waals surface area contributed by atoms with Crippen molar-refractivity contribution in [3.05, 3.63) is 99.2 Å². The van der Waals surface area contributed by atoms with Gasteiger partial charge < -0.3 is 10.2 Å². The first-order valence-corrected chi connectivity index (χ1v) is 13.3. The van der Waals surface area contributed by atoms with Crippen LogP contribution in [-0.2, 0) is 13.0 Å². The lowest BCUT2D eigenvalue weighted by atomic mass is 9.97. The fraction of sp³-hybridized carbons (Fsp3) is 0.320. The van der Waals surface area contributed by atoms with Crippen molar-refractivity contribution in [2.75, 3.05) is 13.1 Å². The summed E-state index contributed by atoms with van der Waals surface area (Å²) in [5, 5.41) is 2.37. The third-order valence-electron chi connectivity index (χ3n) is 6.10. The molecule has 36 heavy (non-hydrogen) atoms. The number of halogens is 5. The topological polar surface area (TPSA) is 67.2 Å². The van der Waals surface area contributed by atoms with Crippen LogP contribution in [0.2, 0.25) is 0 Å². The first kappa shape index (κ1) is 26.9. The normalized spacial score (nSPS) is 14.0. The number of nitrogens with one attached hydrogen (secondary N) is 1. The van der Waals surface area contributed by atoms with Gasteiger partial charge in [-0.2, -0.15) is 13.2 Å². The summed E-state index contributed by atoms with van der Waals surface area (Å²) in [6.07, 6.45) is -4.20. The van der Waals surface area contributed by atoms with E-state index < -0.39 is 20.2 Å². The summed E-state index contributed by atoms with van der Waals surface area (Å²) in [6, 6.07) is 18.4. The van der Waals surface area contributed by atoms with Crippen molar-refractivity contribution in [3.8, 4) is 0 Å². The highest BCUT2D eigenvalue weighted by Gasteiger charge is 2.51. The van der Waals surface area contributed by atoms with Gasteiger partial charge in [0.15, 0.2) is 1.43 Å². The van der Waals surface area contributed by atoms with Crippen LogP contribution in [0.4, 0.5) is 18.0 Å². The highest BCUT2D eigenvalue weighted by molar-refractivity contribution is 14.2. The predicted octanol–water partition coefficient (Wildman–Crippen LogP) is 5.39. The Kier molecular flexibility index (Phi) is 7.98. The molecule has 1 N–H and O–H groups in total. The average Bonchev–Trinajstić information content (AvgIpc) is 2.85. The number of urea groups is 1. The lowest BCUT2D eigenvalue weighted by molar-refractivity contribution is -0.127. The van der Waals surface area contributed by atoms with Crippen molar-refractivity contribution in [2.24, 2.45) is 0 Å². The minimum atomic E-state index is -4.46. The summed E-state index contributed by atoms with van der Waals surface area (Å²) in [7, 11) is 0. The van der Waals surface area contributed by atoms with Gasteiger partial charge >= 0.3 is 12.2 Å². The Bertz CT molecular complexity index is 1260. The van der Waals surface area contributed by atoms with Gasteiger partial charge in [-0.05, 0) is 24.5 Å². The van der Waals surface area contributed by atoms with E-state index in [4.69, 9.17) is 0 Å². The van der Waals surface area contributed by atoms with Crippen LogP contribution in [-0.4, -0.2) is 41.2 Å². The Morgan fingerprint density at radius 1 is 1.06 bits per heavy atom. The highest BCUT2D eigenvalue weighted by atomic mass is 127. The lowest BCUT2D eigenvalue weighted by Gasteiger charge is -2.31. The molecule has 4 rings (SSSR count). The van der Waals surface area contributed by atoms with Crippen LogP contribution in [0, 0.1) is 6.92 Å². The number of hydrogen-bond donors (Lipinski definition) is 1. The number of amides is 2. The smallest absolute Gasteiger partial charge is 0.335 e. The molecule has 0 radical (unpaired) electrons. The molecule has 3 aromatic rings. The van der Waals surface area contributed by atoms with Crippen LogP contribution in [0.15, 0.2) is 65.5 Å². The van der Waals surface area contributed by atoms with Crippen molar-refractivity contribution in [1.29, 1.82) is 0 Å². The van der Waals surface area contributed by atoms with E-state index in [1.54, 1.807) is 11.5 Å². The van der Waals surface area contributed by atoms with Gasteiger partial charge in [-0.1, -0.05) is 106 Å². The van der Waals surface area contributed by atoms with Crippen molar-refractivity contribution in [2.45, 2.75) is 33.5 Å². The van der Waals surface area contributed by atoms with E-state index in [1.807, 2.05) is 60.7 Å². The summed E-state index contributed by atoms with van der Waals surface area (Å²) >= 11 is 2.57. The van der Waals surface area contributed by atoms with Crippen molar-refractivity contribution in [1.82, 2.24) is 19.8 Å². The third kappa shape index (κ3) is 5.55. The number of rotatable bonds is 5. The zero-order valence-electron chi connectivity index (χ0n) is 19.2. The van der Waals surface area contributed by atoms with Crippen LogP contribution < -0.4 is 10.9 Å². The molecule has 1 aromatic heterocycles. The van der Waals surface area contributed by atoms with Crippen molar-refractivity contribution in [3.63, 3.8) is 0 Å². The standard InChI is InChI=1S/C25H23F3I2N4O2/c1-16-32-20-14-33(23(36)31-15-24(29,30)25(26,27)28)13-12-19(20)22(35)34(16)21(17-8-4-2-5-9-17)18-10-6-3-7-11-18/h2-11,21H,12-15H2,1H3,(H,31,36). The van der Waals surface area contributed by atoms with E-state index in [2.05, 4.69) is 10.3 Å². The second kappa shape index (κ2) is 10.7. The fourth-order valence-corrected chi connectivity index (χ4v) is 4.64. The molecule has 0 aliphatic carbocycles. The second-order valence-corrected chi connectivity index (χ2v) is 14.3. The molecule has 2 heterocycles. The second-order valence-electron chi connectivity index (χ2n) is 8.52. The van der Waals surface area contributed by atoms with E-state index in [0.29, 0.717) is 17.1 Å². The predicted molar refractivity (Wildman–Crippen MR) is 148 cm³/mol. The van der Waals surface area contributed by atoms with Gasteiger partial charge in [0.1, 0.15) is 5.82 Å². The van der Waals surface area contributed by atoms with Gasteiger partial charge in [0.05, 0.1) is 24.8 Å². The molecule has 0 saturated heterocycles. The summed E-state index contributed by atoms with van der Waals surface area (Å²) in [6.45, 7) is 1.45. The number of benzene rings is 2. The Morgan fingerprint density at radius 2 is 1.61 bits per heavy atom. The molecule has 1 aliphatic heterocycles. The minimum Gasteiger partial charge on any atom is -0.335 e. The van der Waals surface area contributed by atoms with E-state index in [-0.39, 0.29) is 31.1 Å². The first-order chi connectivity index (χ1) is 17.0. The first-order valence-electron chi connectivity index (χ1n) is 11.2. The lowest BCUT2D eigenvalue weighted by Crippen LogP contribution is -2.50. The number of carbonyl (C=O) groups excluding carboxylic acids is 1. The largest absolute Gasteiger partial charge is 0.413 e. The molecule has 1 aliphatic rings. The molecule has 0 spiro atoms. The van der Waals surface area contributed by atoms with E-state index in [9.17, 15) is 22.8 Å². The Labute approximate surface area is 233 Å². The summed E-state index contributed by atoms with van der Waals surface area (Å²) in [5.74, 6) is 0.495. The van der Waals surface area contributed by atoms with Crippen LogP contribution in [0.1, 0.15) is 34.3 Å². The molecule has 0 fully saturated rings. The molecule has 0 atom stereocenters. The maximum Gasteiger partial charge on any atom is 0.413 e. The molecule has 0 unspecified atom stereocenters. The zero-order chi connectivity index (χ0) is 26.1. The number of aryl methyl sites for hydroxylation is 1. The monoisotopic (exact) mass is 722 g/mol. The molecular weight excluding hydrogens is 699 g/mol. The number of hydrogen-bond acceptors (Lipinski definition) is 3. The summed E-state index contributed by atoms with van der Waals surface area (Å²) < 4.78 is 39.0. The number of alkyl halides is 5. The van der Waals surface area contributed by atoms with Crippen LogP contribution in [0.3, 0.4) is 0 Å². The molecule has 0 saturated carbocycles. The molecule has 11 heteroatoms. The Balaban J connectivity index is 1.63. The van der Waals surface area contributed by atoms with Gasteiger partial charge in [0.2, 0.25) is 0 Å². The fourth-order valence-electron chi connectivity index (χ4n) is 4.26. The Hall–Kier alpha value is -2.16. The van der Waals surface area contributed by atoms with Crippen LogP contribution in [0.5, 0.6) is 0 Å². The van der Waals surface area contributed by atoms with E-state index >= 15 is 0 Å². The number of carbonyl (C=O) groups is 1. The molecule has 0 bridgehead atoms. The molecule has 2 amide bonds. The number of aromatic nitrogens is 2. The maximum atomic E-state index is 13.7. The van der Waals surface area contributed by atoms with E-state index in [0.717, 1.165) is 11.1 Å². The summed E-state index contributed by atoms with van der Waals surface area (Å²) in [5.41, 5.74) is 2.71. The SMILES string of the molecule is Cc1nc2c(c(=O)n1C(c1ccccc1)c1ccccc1)CCN(C(=O)NCC(I)(I)C(F)(F)F)C2. The van der Waals surface area contributed by atoms with E-state index in [1.165, 1.54) is 50.1 Å². The van der Waals surface area contributed by atoms with Gasteiger partial charge in [-0.15, -0.1) is 0 Å². The quantitative estimate of drug-likeness (QED) is 0.284. The Morgan fingerprint density at radius 3 is 2.14 bits per heavy atom. The number of fused-ring (bicyclic) bond motifs is 1. The molecule has 2 aromatic carbocycles. The molecular formula is C25H23F3I2N4O2. The average molecular weight is 722 g/mol. The number of nitrogens with zero attached hydrogens (tertiary/aromatic N) is 3. The molecule has 6 nitrogen and oxygen atoms in total. The van der Waals surface area contributed by atoms with Crippen LogP contribution in [0.25, 0.3) is 0 Å². The van der Waals surface area contributed by atoms with Gasteiger partial charge in [-0.3, -0.25) is 9.36 Å². The highest BCUT2D eigenvalue weighted by Crippen LogP contribution is 2.43. The van der Waals surface area contributed by atoms with Gasteiger partial charge in [0.25, 0.3) is 5.56 Å². The third-order valence-corrected chi connectivity index (χ3v) is 8.08. The van der Waals surface area contributed by atoms with Crippen molar-refractivity contribution < 1.29 is 18.0 Å². The maximum absolute atomic E-state index is 13.7. The van der Waals surface area contributed by atoms with Crippen LogP contribution >= 0.6 is 45.2 Å². The van der Waals surface area contributed by atoms with Gasteiger partial charge in [-0.25, -0.2) is 9.78 Å². The zero-order valence-corrected chi connectivity index (χ0v) is 23.5. The van der Waals surface area contributed by atoms with Gasteiger partial charge in [0, 0.05) is 12.1 Å².